The molecule has 2 aliphatic rings. The van der Waals surface area contributed by atoms with Crippen molar-refractivity contribution in [3.63, 3.8) is 0 Å². The third-order valence-electron chi connectivity index (χ3n) is 9.83. The SMILES string of the molecule is C=CC(=O)N1CC2(CCN(c3c(C(=O)NC)c(=O)n(-c4c(C)ccnc4C(C)C)c4nc(-c5cccc6sc(N)nc56)c(F)cc34)CC2)C1. The highest BCUT2D eigenvalue weighted by Crippen LogP contribution is 2.44. The van der Waals surface area contributed by atoms with E-state index in [1.54, 1.807) is 29.3 Å². The van der Waals surface area contributed by atoms with Gasteiger partial charge in [-0.25, -0.2) is 14.4 Å². The molecule has 2 saturated heterocycles. The number of aryl methyl sites for hydroxylation is 1. The van der Waals surface area contributed by atoms with Crippen molar-refractivity contribution in [3.05, 3.63) is 82.2 Å². The molecule has 4 aromatic heterocycles. The van der Waals surface area contributed by atoms with Crippen LogP contribution in [-0.4, -0.2) is 69.5 Å². The van der Waals surface area contributed by atoms with E-state index < -0.39 is 17.3 Å². The van der Waals surface area contributed by atoms with Crippen molar-refractivity contribution in [2.45, 2.75) is 39.5 Å². The summed E-state index contributed by atoms with van der Waals surface area (Å²) in [5.74, 6) is -1.38. The van der Waals surface area contributed by atoms with Crippen molar-refractivity contribution in [2.24, 2.45) is 5.41 Å². The summed E-state index contributed by atoms with van der Waals surface area (Å²) >= 11 is 1.29. The minimum Gasteiger partial charge on any atom is -0.375 e. The first-order valence-electron chi connectivity index (χ1n) is 16.3. The number of nitrogens with one attached hydrogen (secondary N) is 1. The maximum absolute atomic E-state index is 16.6. The molecular weight excluding hydrogens is 644 g/mol. The van der Waals surface area contributed by atoms with Crippen LogP contribution in [0.5, 0.6) is 0 Å². The number of pyridine rings is 3. The number of para-hydroxylation sites is 1. The fourth-order valence-electron chi connectivity index (χ4n) is 7.33. The maximum atomic E-state index is 16.6. The highest BCUT2D eigenvalue weighted by Gasteiger charge is 2.47. The first-order valence-corrected chi connectivity index (χ1v) is 17.1. The number of hydrogen-bond acceptors (Lipinski definition) is 9. The number of likely N-dealkylation sites (tertiary alicyclic amines) is 1. The van der Waals surface area contributed by atoms with Crippen LogP contribution in [-0.2, 0) is 4.79 Å². The van der Waals surface area contributed by atoms with Crippen LogP contribution in [0.4, 0.5) is 15.2 Å². The van der Waals surface area contributed by atoms with Crippen LogP contribution in [0.25, 0.3) is 38.2 Å². The van der Waals surface area contributed by atoms with Crippen molar-refractivity contribution in [1.82, 2.24) is 29.7 Å². The number of piperidine rings is 1. The molecule has 0 atom stereocenters. The van der Waals surface area contributed by atoms with Crippen molar-refractivity contribution >= 4 is 55.2 Å². The minimum atomic E-state index is -0.626. The zero-order valence-corrected chi connectivity index (χ0v) is 28.7. The fourth-order valence-corrected chi connectivity index (χ4v) is 8.09. The molecule has 49 heavy (non-hydrogen) atoms. The zero-order chi connectivity index (χ0) is 34.8. The lowest BCUT2D eigenvalue weighted by Crippen LogP contribution is -2.61. The molecule has 0 radical (unpaired) electrons. The van der Waals surface area contributed by atoms with E-state index >= 15 is 4.39 Å². The maximum Gasteiger partial charge on any atom is 0.271 e. The molecule has 0 saturated carbocycles. The van der Waals surface area contributed by atoms with E-state index in [2.05, 4.69) is 21.9 Å². The summed E-state index contributed by atoms with van der Waals surface area (Å²) in [6.45, 7) is 11.7. The van der Waals surface area contributed by atoms with E-state index in [-0.39, 0.29) is 34.1 Å². The van der Waals surface area contributed by atoms with Crippen molar-refractivity contribution in [3.8, 4) is 16.9 Å². The van der Waals surface area contributed by atoms with Crippen LogP contribution in [0.15, 0.2) is 54.0 Å². The predicted octanol–water partition coefficient (Wildman–Crippen LogP) is 5.18. The highest BCUT2D eigenvalue weighted by atomic mass is 32.1. The quantitative estimate of drug-likeness (QED) is 0.234. The summed E-state index contributed by atoms with van der Waals surface area (Å²) in [5.41, 5.74) is 8.73. The van der Waals surface area contributed by atoms with E-state index in [4.69, 9.17) is 10.7 Å². The Hall–Kier alpha value is -5.17. The van der Waals surface area contributed by atoms with Gasteiger partial charge in [-0.15, -0.1) is 0 Å². The van der Waals surface area contributed by atoms with Crippen molar-refractivity contribution in [1.29, 1.82) is 0 Å². The van der Waals surface area contributed by atoms with E-state index in [0.29, 0.717) is 64.8 Å². The van der Waals surface area contributed by atoms with Crippen LogP contribution in [0.1, 0.15) is 54.2 Å². The van der Waals surface area contributed by atoms with Crippen LogP contribution >= 0.6 is 11.3 Å². The Morgan fingerprint density at radius 3 is 2.55 bits per heavy atom. The summed E-state index contributed by atoms with van der Waals surface area (Å²) in [6.07, 6.45) is 4.47. The normalized spacial score (nSPS) is 15.6. The monoisotopic (exact) mass is 680 g/mol. The smallest absolute Gasteiger partial charge is 0.271 e. The second kappa shape index (κ2) is 12.1. The summed E-state index contributed by atoms with van der Waals surface area (Å²) in [7, 11) is 1.47. The average molecular weight is 681 g/mol. The molecule has 252 valence electrons. The molecule has 2 fully saturated rings. The Morgan fingerprint density at radius 1 is 1.14 bits per heavy atom. The van der Waals surface area contributed by atoms with Crippen LogP contribution in [0, 0.1) is 18.2 Å². The lowest BCUT2D eigenvalue weighted by Gasteiger charge is -2.54. The summed E-state index contributed by atoms with van der Waals surface area (Å²) in [5, 5.41) is 3.33. The Morgan fingerprint density at radius 2 is 1.88 bits per heavy atom. The summed E-state index contributed by atoms with van der Waals surface area (Å²) < 4.78 is 18.8. The first kappa shape index (κ1) is 32.4. The molecule has 0 aliphatic carbocycles. The van der Waals surface area contributed by atoms with Crippen LogP contribution in [0.2, 0.25) is 0 Å². The number of rotatable bonds is 6. The van der Waals surface area contributed by atoms with Gasteiger partial charge in [0, 0.05) is 55.8 Å². The standard InChI is InChI=1S/C36H37FN8O3S/c1-6-25(46)44-17-36(18-44)11-14-43(15-12-36)31-22-16-23(37)28(21-8-7-9-24-29(21)42-35(38)49-24)41-32(22)45(34(48)26(31)33(47)39-5)30-20(4)10-13-40-27(30)19(2)3/h6-10,13,16,19H,1,11-12,14-15,17-18H2,2-5H3,(H2,38,42)(H,39,47). The number of nitrogens with zero attached hydrogens (tertiary/aromatic N) is 6. The van der Waals surface area contributed by atoms with Gasteiger partial charge in [-0.1, -0.05) is 43.9 Å². The van der Waals surface area contributed by atoms with Gasteiger partial charge in [0.25, 0.3) is 11.5 Å². The number of nitrogens with two attached hydrogens (primary N) is 1. The molecule has 13 heteroatoms. The number of anilines is 2. The van der Waals surface area contributed by atoms with Gasteiger partial charge in [0.15, 0.2) is 10.8 Å². The Balaban J connectivity index is 1.50. The Labute approximate surface area is 286 Å². The highest BCUT2D eigenvalue weighted by molar-refractivity contribution is 7.22. The number of nitrogen functional groups attached to an aromatic ring is 1. The van der Waals surface area contributed by atoms with Gasteiger partial charge < -0.3 is 20.9 Å². The van der Waals surface area contributed by atoms with Gasteiger partial charge in [0.1, 0.15) is 17.1 Å². The molecule has 0 bridgehead atoms. The number of carbonyl (C=O) groups excluding carboxylic acids is 2. The number of amides is 2. The topological polar surface area (TPSA) is 139 Å². The third-order valence-corrected chi connectivity index (χ3v) is 10.7. The largest absolute Gasteiger partial charge is 0.375 e. The molecule has 7 rings (SSSR count). The fraction of sp³-hybridized carbons (Fsp3) is 0.333. The molecule has 2 aliphatic heterocycles. The zero-order valence-electron chi connectivity index (χ0n) is 27.8. The molecule has 5 aromatic rings. The van der Waals surface area contributed by atoms with Gasteiger partial charge in [0.2, 0.25) is 5.91 Å². The van der Waals surface area contributed by atoms with Crippen molar-refractivity contribution in [2.75, 3.05) is 43.9 Å². The third kappa shape index (κ3) is 5.23. The van der Waals surface area contributed by atoms with Crippen LogP contribution in [0.3, 0.4) is 0 Å². The van der Waals surface area contributed by atoms with E-state index in [9.17, 15) is 14.4 Å². The number of aromatic nitrogens is 4. The lowest BCUT2D eigenvalue weighted by molar-refractivity contribution is -0.139. The lowest BCUT2D eigenvalue weighted by atomic mass is 9.71. The van der Waals surface area contributed by atoms with E-state index in [1.807, 2.05) is 31.7 Å². The van der Waals surface area contributed by atoms with Gasteiger partial charge in [-0.2, -0.15) is 0 Å². The summed E-state index contributed by atoms with van der Waals surface area (Å²) in [6, 6.07) is 8.58. The number of benzene rings is 1. The number of carbonyl (C=O) groups is 2. The molecule has 11 nitrogen and oxygen atoms in total. The number of thiazole rings is 1. The first-order chi connectivity index (χ1) is 23.5. The van der Waals surface area contributed by atoms with E-state index in [1.165, 1.54) is 35.1 Å². The second-order valence-corrected chi connectivity index (χ2v) is 14.3. The van der Waals surface area contributed by atoms with Crippen LogP contribution < -0.4 is 21.5 Å². The Kier molecular flexibility index (Phi) is 7.97. The molecule has 1 spiro atoms. The van der Waals surface area contributed by atoms with Gasteiger partial charge >= 0.3 is 0 Å². The van der Waals surface area contributed by atoms with E-state index in [0.717, 1.165) is 23.1 Å². The molecule has 2 amide bonds. The summed E-state index contributed by atoms with van der Waals surface area (Å²) in [4.78, 5) is 58.6. The van der Waals surface area contributed by atoms with Gasteiger partial charge in [0.05, 0.1) is 27.3 Å². The number of fused-ring (bicyclic) bond motifs is 2. The predicted molar refractivity (Wildman–Crippen MR) is 191 cm³/mol. The molecule has 6 heterocycles. The number of halogens is 1. The van der Waals surface area contributed by atoms with Gasteiger partial charge in [-0.05, 0) is 55.5 Å². The molecule has 0 unspecified atom stereocenters. The molecular formula is C36H37FN8O3S. The molecule has 1 aromatic carbocycles. The van der Waals surface area contributed by atoms with Crippen molar-refractivity contribution < 1.29 is 14.0 Å². The average Bonchev–Trinajstić information content (AvgIpc) is 3.46. The van der Waals surface area contributed by atoms with Gasteiger partial charge in [-0.3, -0.25) is 23.9 Å². The second-order valence-electron chi connectivity index (χ2n) is 13.2. The Bertz CT molecular complexity index is 2250. The molecule has 3 N–H and O–H groups in total. The number of hydrogen-bond donors (Lipinski definition) is 2. The minimum absolute atomic E-state index is 0.0156.